The predicted octanol–water partition coefficient (Wildman–Crippen LogP) is 4.12. The van der Waals surface area contributed by atoms with Gasteiger partial charge in [-0.1, -0.05) is 18.2 Å². The Morgan fingerprint density at radius 3 is 2.58 bits per heavy atom. The fourth-order valence-corrected chi connectivity index (χ4v) is 2.50. The second-order valence-corrected chi connectivity index (χ2v) is 6.38. The molecule has 0 amide bonds. The van der Waals surface area contributed by atoms with E-state index in [9.17, 15) is 0 Å². The molecule has 0 atom stereocenters. The molecule has 2 aromatic rings. The Kier molecular flexibility index (Phi) is 4.31. The molecule has 1 heterocycles. The van der Waals surface area contributed by atoms with Crippen molar-refractivity contribution >= 4 is 10.9 Å². The summed E-state index contributed by atoms with van der Waals surface area (Å²) >= 11 is 0. The van der Waals surface area contributed by atoms with Gasteiger partial charge < -0.3 is 9.88 Å². The number of hydrogen-bond donors (Lipinski definition) is 1. The number of aromatic nitrogens is 1. The molecule has 0 aliphatic heterocycles. The van der Waals surface area contributed by atoms with Gasteiger partial charge in [0.25, 0.3) is 0 Å². The number of aryl methyl sites for hydroxylation is 2. The lowest BCUT2D eigenvalue weighted by Gasteiger charge is -2.20. The summed E-state index contributed by atoms with van der Waals surface area (Å²) in [6, 6.07) is 10.9. The molecule has 0 saturated carbocycles. The van der Waals surface area contributed by atoms with Gasteiger partial charge in [-0.25, -0.2) is 0 Å². The van der Waals surface area contributed by atoms with Gasteiger partial charge in [-0.2, -0.15) is 0 Å². The molecule has 1 N–H and O–H groups in total. The average Bonchev–Trinajstić information content (AvgIpc) is 2.64. The zero-order chi connectivity index (χ0) is 13.9. The van der Waals surface area contributed by atoms with Crippen LogP contribution in [-0.4, -0.2) is 16.7 Å². The zero-order valence-corrected chi connectivity index (χ0v) is 12.7. The normalized spacial score (nSPS) is 12.2. The number of unbranched alkanes of at least 4 members (excludes halogenated alkanes) is 1. The fraction of sp³-hybridized carbons (Fsp3) is 0.529. The lowest BCUT2D eigenvalue weighted by Crippen LogP contribution is -2.36. The Morgan fingerprint density at radius 1 is 1.11 bits per heavy atom. The van der Waals surface area contributed by atoms with Crippen molar-refractivity contribution in [1.82, 2.24) is 9.88 Å². The SMILES string of the molecule is Cc1cc2ccccc2n1CCCCNC(C)(C)C. The molecule has 0 saturated heterocycles. The lowest BCUT2D eigenvalue weighted by molar-refractivity contribution is 0.414. The van der Waals surface area contributed by atoms with E-state index in [1.165, 1.54) is 29.4 Å². The molecule has 2 heteroatoms. The quantitative estimate of drug-likeness (QED) is 0.798. The van der Waals surface area contributed by atoms with Crippen molar-refractivity contribution in [2.45, 2.75) is 52.6 Å². The van der Waals surface area contributed by atoms with Gasteiger partial charge in [-0.05, 0) is 64.6 Å². The van der Waals surface area contributed by atoms with Crippen LogP contribution in [0, 0.1) is 6.92 Å². The molecule has 1 aromatic carbocycles. The van der Waals surface area contributed by atoms with Crippen LogP contribution < -0.4 is 5.32 Å². The number of nitrogens with one attached hydrogen (secondary N) is 1. The minimum Gasteiger partial charge on any atom is -0.345 e. The Bertz CT molecular complexity index is 532. The highest BCUT2D eigenvalue weighted by molar-refractivity contribution is 5.81. The fourth-order valence-electron chi connectivity index (χ4n) is 2.50. The Balaban J connectivity index is 1.90. The van der Waals surface area contributed by atoms with Crippen LogP contribution in [0.2, 0.25) is 0 Å². The summed E-state index contributed by atoms with van der Waals surface area (Å²) < 4.78 is 2.44. The molecule has 2 nitrogen and oxygen atoms in total. The molecule has 19 heavy (non-hydrogen) atoms. The first-order valence-electron chi connectivity index (χ1n) is 7.27. The van der Waals surface area contributed by atoms with Crippen molar-refractivity contribution < 1.29 is 0 Å². The van der Waals surface area contributed by atoms with Crippen LogP contribution in [0.1, 0.15) is 39.3 Å². The summed E-state index contributed by atoms with van der Waals surface area (Å²) in [5.74, 6) is 0. The third-order valence-corrected chi connectivity index (χ3v) is 3.48. The number of hydrogen-bond acceptors (Lipinski definition) is 1. The summed E-state index contributed by atoms with van der Waals surface area (Å²) in [7, 11) is 0. The summed E-state index contributed by atoms with van der Waals surface area (Å²) in [5, 5.41) is 4.90. The summed E-state index contributed by atoms with van der Waals surface area (Å²) in [4.78, 5) is 0. The Labute approximate surface area is 116 Å². The van der Waals surface area contributed by atoms with Crippen molar-refractivity contribution in [3.05, 3.63) is 36.0 Å². The molecule has 0 bridgehead atoms. The maximum absolute atomic E-state index is 3.54. The molecule has 2 rings (SSSR count). The molecule has 0 radical (unpaired) electrons. The van der Waals surface area contributed by atoms with Crippen LogP contribution >= 0.6 is 0 Å². The highest BCUT2D eigenvalue weighted by Crippen LogP contribution is 2.19. The first-order valence-corrected chi connectivity index (χ1v) is 7.27. The van der Waals surface area contributed by atoms with Crippen LogP contribution in [0.15, 0.2) is 30.3 Å². The molecule has 0 unspecified atom stereocenters. The molecule has 104 valence electrons. The maximum atomic E-state index is 3.54. The van der Waals surface area contributed by atoms with Crippen molar-refractivity contribution in [2.24, 2.45) is 0 Å². The largest absolute Gasteiger partial charge is 0.345 e. The van der Waals surface area contributed by atoms with Crippen LogP contribution in [0.5, 0.6) is 0 Å². The van der Waals surface area contributed by atoms with Gasteiger partial charge in [-0.3, -0.25) is 0 Å². The highest BCUT2D eigenvalue weighted by Gasteiger charge is 2.08. The number of benzene rings is 1. The van der Waals surface area contributed by atoms with Crippen LogP contribution in [0.3, 0.4) is 0 Å². The van der Waals surface area contributed by atoms with Gasteiger partial charge in [0.15, 0.2) is 0 Å². The van der Waals surface area contributed by atoms with Gasteiger partial charge in [0, 0.05) is 23.3 Å². The van der Waals surface area contributed by atoms with Crippen LogP contribution in [0.25, 0.3) is 10.9 Å². The second-order valence-electron chi connectivity index (χ2n) is 6.38. The van der Waals surface area contributed by atoms with Gasteiger partial charge in [0.2, 0.25) is 0 Å². The molecule has 0 fully saturated rings. The van der Waals surface area contributed by atoms with E-state index in [2.05, 4.69) is 67.9 Å². The molecule has 1 aromatic heterocycles. The monoisotopic (exact) mass is 258 g/mol. The highest BCUT2D eigenvalue weighted by atomic mass is 15.0. The average molecular weight is 258 g/mol. The number of nitrogens with zero attached hydrogens (tertiary/aromatic N) is 1. The number of para-hydroxylation sites is 1. The number of rotatable bonds is 5. The van der Waals surface area contributed by atoms with Crippen molar-refractivity contribution in [2.75, 3.05) is 6.54 Å². The Hall–Kier alpha value is -1.28. The first kappa shape index (κ1) is 14.1. The Morgan fingerprint density at radius 2 is 1.84 bits per heavy atom. The van der Waals surface area contributed by atoms with E-state index in [0.717, 1.165) is 13.1 Å². The minimum absolute atomic E-state index is 0.232. The third-order valence-electron chi connectivity index (χ3n) is 3.48. The smallest absolute Gasteiger partial charge is 0.0482 e. The summed E-state index contributed by atoms with van der Waals surface area (Å²) in [6.45, 7) is 11.1. The van der Waals surface area contributed by atoms with Gasteiger partial charge in [-0.15, -0.1) is 0 Å². The van der Waals surface area contributed by atoms with E-state index in [1.54, 1.807) is 0 Å². The van der Waals surface area contributed by atoms with E-state index < -0.39 is 0 Å². The number of fused-ring (bicyclic) bond motifs is 1. The first-order chi connectivity index (χ1) is 8.97. The van der Waals surface area contributed by atoms with Crippen molar-refractivity contribution in [3.63, 3.8) is 0 Å². The molecular formula is C17H26N2. The summed E-state index contributed by atoms with van der Waals surface area (Å²) in [6.07, 6.45) is 2.45. The second kappa shape index (κ2) is 5.79. The lowest BCUT2D eigenvalue weighted by atomic mass is 10.1. The topological polar surface area (TPSA) is 17.0 Å². The van der Waals surface area contributed by atoms with Gasteiger partial charge in [0.1, 0.15) is 0 Å². The molecular weight excluding hydrogens is 232 g/mol. The van der Waals surface area contributed by atoms with Crippen molar-refractivity contribution in [3.8, 4) is 0 Å². The van der Waals surface area contributed by atoms with E-state index in [1.807, 2.05) is 0 Å². The predicted molar refractivity (Wildman–Crippen MR) is 83.7 cm³/mol. The van der Waals surface area contributed by atoms with Crippen LogP contribution in [0.4, 0.5) is 0 Å². The van der Waals surface area contributed by atoms with E-state index in [-0.39, 0.29) is 5.54 Å². The standard InChI is InChI=1S/C17H26N2/c1-14-13-15-9-5-6-10-16(15)19(14)12-8-7-11-18-17(2,3)4/h5-6,9-10,13,18H,7-8,11-12H2,1-4H3. The third kappa shape index (κ3) is 3.84. The molecule has 0 spiro atoms. The maximum Gasteiger partial charge on any atom is 0.0482 e. The van der Waals surface area contributed by atoms with E-state index in [0.29, 0.717) is 0 Å². The van der Waals surface area contributed by atoms with Crippen LogP contribution in [-0.2, 0) is 6.54 Å². The molecule has 0 aliphatic rings. The molecule has 0 aliphatic carbocycles. The van der Waals surface area contributed by atoms with Gasteiger partial charge >= 0.3 is 0 Å². The van der Waals surface area contributed by atoms with E-state index in [4.69, 9.17) is 0 Å². The van der Waals surface area contributed by atoms with Gasteiger partial charge in [0.05, 0.1) is 0 Å². The van der Waals surface area contributed by atoms with E-state index >= 15 is 0 Å². The zero-order valence-electron chi connectivity index (χ0n) is 12.7. The summed E-state index contributed by atoms with van der Waals surface area (Å²) in [5.41, 5.74) is 2.96. The van der Waals surface area contributed by atoms with Crippen molar-refractivity contribution in [1.29, 1.82) is 0 Å². The minimum atomic E-state index is 0.232.